The lowest BCUT2D eigenvalue weighted by molar-refractivity contribution is -0.181. The first-order valence-corrected chi connectivity index (χ1v) is 14.4. The number of carboxylic acid groups (broad SMARTS) is 1. The maximum Gasteiger partial charge on any atom is 0.337 e. The molecule has 11 nitrogen and oxygen atoms in total. The Balaban J connectivity index is 1.60. The van der Waals surface area contributed by atoms with Gasteiger partial charge in [-0.05, 0) is 61.2 Å². The SMILES string of the molecule is CC(C)[C@H]1CC[C@@](O)(CO)[C@H]2C(=O)OCC(C(=O)OC[C@@]3(O)CC[C@@H](C(C)C)[C@@H]4C=C(C(=O)O)COC(=O)[C@H]43)=C[C@H]12. The third kappa shape index (κ3) is 5.94. The molecule has 11 heteroatoms. The highest BCUT2D eigenvalue weighted by Crippen LogP contribution is 2.49. The van der Waals surface area contributed by atoms with Gasteiger partial charge >= 0.3 is 23.9 Å². The van der Waals surface area contributed by atoms with E-state index in [4.69, 9.17) is 14.2 Å². The zero-order valence-electron chi connectivity index (χ0n) is 24.1. The van der Waals surface area contributed by atoms with E-state index in [0.717, 1.165) is 0 Å². The summed E-state index contributed by atoms with van der Waals surface area (Å²) in [5.41, 5.74) is -3.50. The van der Waals surface area contributed by atoms with E-state index in [1.54, 1.807) is 6.08 Å². The van der Waals surface area contributed by atoms with E-state index in [0.29, 0.717) is 12.8 Å². The second-order valence-corrected chi connectivity index (χ2v) is 12.8. The Labute approximate surface area is 239 Å². The monoisotopic (exact) mass is 578 g/mol. The molecule has 0 aromatic carbocycles. The maximum absolute atomic E-state index is 13.3. The van der Waals surface area contributed by atoms with Crippen LogP contribution < -0.4 is 0 Å². The molecule has 2 aliphatic carbocycles. The first-order valence-electron chi connectivity index (χ1n) is 14.4. The van der Waals surface area contributed by atoms with E-state index < -0.39 is 85.2 Å². The number of allylic oxidation sites excluding steroid dienone is 2. The number of carboxylic acids is 1. The average Bonchev–Trinajstić information content (AvgIpc) is 3.20. The second kappa shape index (κ2) is 11.9. The number of aliphatic hydroxyl groups is 3. The van der Waals surface area contributed by atoms with Crippen LogP contribution in [0.4, 0.5) is 0 Å². The Morgan fingerprint density at radius 3 is 1.83 bits per heavy atom. The van der Waals surface area contributed by atoms with Crippen LogP contribution in [0.3, 0.4) is 0 Å². The quantitative estimate of drug-likeness (QED) is 0.255. The molecule has 2 heterocycles. The molecule has 0 spiro atoms. The number of hydrogen-bond acceptors (Lipinski definition) is 10. The van der Waals surface area contributed by atoms with Gasteiger partial charge < -0.3 is 34.6 Å². The average molecular weight is 579 g/mol. The van der Waals surface area contributed by atoms with Crippen molar-refractivity contribution in [2.24, 2.45) is 47.3 Å². The molecule has 4 aliphatic rings. The number of carbonyl (C=O) groups excluding carboxylic acids is 3. The van der Waals surface area contributed by atoms with Crippen LogP contribution in [0.25, 0.3) is 0 Å². The molecular formula is C30H42O11. The Morgan fingerprint density at radius 2 is 1.34 bits per heavy atom. The van der Waals surface area contributed by atoms with Crippen LogP contribution in [-0.4, -0.2) is 81.9 Å². The molecule has 8 atom stereocenters. The van der Waals surface area contributed by atoms with Gasteiger partial charge in [-0.25, -0.2) is 9.59 Å². The fourth-order valence-corrected chi connectivity index (χ4v) is 7.41. The summed E-state index contributed by atoms with van der Waals surface area (Å²) < 4.78 is 16.2. The van der Waals surface area contributed by atoms with Crippen LogP contribution in [0.2, 0.25) is 0 Å². The maximum atomic E-state index is 13.3. The van der Waals surface area contributed by atoms with Crippen LogP contribution in [0.5, 0.6) is 0 Å². The van der Waals surface area contributed by atoms with Crippen LogP contribution in [0.1, 0.15) is 53.4 Å². The molecule has 0 unspecified atom stereocenters. The zero-order valence-corrected chi connectivity index (χ0v) is 24.1. The summed E-state index contributed by atoms with van der Waals surface area (Å²) in [6, 6.07) is 0. The third-order valence-corrected chi connectivity index (χ3v) is 9.75. The molecule has 4 rings (SSSR count). The molecule has 4 N–H and O–H groups in total. The van der Waals surface area contributed by atoms with Gasteiger partial charge in [-0.15, -0.1) is 0 Å². The van der Waals surface area contributed by atoms with Crippen molar-refractivity contribution in [3.8, 4) is 0 Å². The van der Waals surface area contributed by atoms with E-state index in [9.17, 15) is 39.6 Å². The summed E-state index contributed by atoms with van der Waals surface area (Å²) in [5.74, 6) is -6.84. The van der Waals surface area contributed by atoms with Crippen molar-refractivity contribution >= 4 is 23.9 Å². The Morgan fingerprint density at radius 1 is 0.878 bits per heavy atom. The molecule has 228 valence electrons. The van der Waals surface area contributed by atoms with Gasteiger partial charge in [0, 0.05) is 0 Å². The van der Waals surface area contributed by atoms with Crippen molar-refractivity contribution in [2.45, 2.75) is 64.6 Å². The van der Waals surface area contributed by atoms with Gasteiger partial charge in [0.25, 0.3) is 0 Å². The molecule has 41 heavy (non-hydrogen) atoms. The highest BCUT2D eigenvalue weighted by molar-refractivity contribution is 5.91. The van der Waals surface area contributed by atoms with E-state index in [1.807, 2.05) is 27.7 Å². The minimum Gasteiger partial charge on any atom is -0.478 e. The van der Waals surface area contributed by atoms with Crippen LogP contribution in [0, 0.1) is 47.3 Å². The molecular weight excluding hydrogens is 536 g/mol. The van der Waals surface area contributed by atoms with Crippen molar-refractivity contribution < 1.29 is 53.8 Å². The first-order chi connectivity index (χ1) is 19.2. The molecule has 0 aromatic heterocycles. The van der Waals surface area contributed by atoms with Gasteiger partial charge in [-0.2, -0.15) is 0 Å². The standard InChI is InChI=1S/C30H42O11/c1-15(2)19-5-7-29(37,13-31)23-22(19)10-18(12-40-27(23)35)26(34)41-14-30(38)8-6-20(16(3)4)21-9-17(25(32)33)11-39-28(36)24(21)30/h9-10,15-16,19-24,31,37-38H,5-8,11-14H2,1-4H3,(H,32,33)/t19-,20+,21+,22-,23-,24+,29-,30+/m1/s1. The first kappa shape index (κ1) is 31.2. The molecule has 2 fully saturated rings. The summed E-state index contributed by atoms with van der Waals surface area (Å²) in [7, 11) is 0. The summed E-state index contributed by atoms with van der Waals surface area (Å²) in [4.78, 5) is 51.2. The van der Waals surface area contributed by atoms with E-state index in [2.05, 4.69) is 0 Å². The van der Waals surface area contributed by atoms with E-state index in [-0.39, 0.29) is 47.7 Å². The number of aliphatic hydroxyl groups excluding tert-OH is 1. The number of rotatable bonds is 7. The number of fused-ring (bicyclic) bond motifs is 2. The van der Waals surface area contributed by atoms with Gasteiger partial charge in [-0.3, -0.25) is 9.59 Å². The number of ether oxygens (including phenoxy) is 3. The molecule has 2 saturated carbocycles. The van der Waals surface area contributed by atoms with Crippen LogP contribution in [-0.2, 0) is 33.4 Å². The summed E-state index contributed by atoms with van der Waals surface area (Å²) in [5, 5.41) is 42.3. The van der Waals surface area contributed by atoms with Gasteiger partial charge in [0.1, 0.15) is 31.0 Å². The van der Waals surface area contributed by atoms with Crippen LogP contribution >= 0.6 is 0 Å². The lowest BCUT2D eigenvalue weighted by atomic mass is 9.61. The van der Waals surface area contributed by atoms with Crippen LogP contribution in [0.15, 0.2) is 23.3 Å². The molecule has 2 aliphatic heterocycles. The van der Waals surface area contributed by atoms with Crippen molar-refractivity contribution in [2.75, 3.05) is 26.4 Å². The Hall–Kier alpha value is -2.76. The minimum absolute atomic E-state index is 0.0474. The molecule has 0 aromatic rings. The van der Waals surface area contributed by atoms with Gasteiger partial charge in [0.05, 0.1) is 29.6 Å². The highest BCUT2D eigenvalue weighted by Gasteiger charge is 2.56. The Bertz CT molecular complexity index is 1120. The normalized spacial score (nSPS) is 37.5. The summed E-state index contributed by atoms with van der Waals surface area (Å²) in [6.07, 6.45) is 4.45. The Kier molecular flexibility index (Phi) is 9.01. The van der Waals surface area contributed by atoms with Crippen molar-refractivity contribution in [3.63, 3.8) is 0 Å². The third-order valence-electron chi connectivity index (χ3n) is 9.75. The minimum atomic E-state index is -1.81. The van der Waals surface area contributed by atoms with Gasteiger partial charge in [-0.1, -0.05) is 39.8 Å². The predicted octanol–water partition coefficient (Wildman–Crippen LogP) is 1.63. The number of aliphatic carboxylic acids is 1. The van der Waals surface area contributed by atoms with Gasteiger partial charge in [0.2, 0.25) is 0 Å². The van der Waals surface area contributed by atoms with E-state index >= 15 is 0 Å². The zero-order chi connectivity index (χ0) is 30.3. The second-order valence-electron chi connectivity index (χ2n) is 12.8. The number of hydrogen-bond donors (Lipinski definition) is 4. The molecule has 0 radical (unpaired) electrons. The lowest BCUT2D eigenvalue weighted by Crippen LogP contribution is -2.55. The predicted molar refractivity (Wildman–Crippen MR) is 143 cm³/mol. The summed E-state index contributed by atoms with van der Waals surface area (Å²) in [6.45, 7) is 5.93. The fraction of sp³-hybridized carbons (Fsp3) is 0.733. The number of cyclic esters (lactones) is 2. The topological polar surface area (TPSA) is 177 Å². The van der Waals surface area contributed by atoms with Gasteiger partial charge in [0.15, 0.2) is 0 Å². The van der Waals surface area contributed by atoms with Crippen molar-refractivity contribution in [1.29, 1.82) is 0 Å². The smallest absolute Gasteiger partial charge is 0.337 e. The van der Waals surface area contributed by atoms with Crippen molar-refractivity contribution in [3.05, 3.63) is 23.3 Å². The van der Waals surface area contributed by atoms with E-state index in [1.165, 1.54) is 6.08 Å². The molecule has 0 saturated heterocycles. The summed E-state index contributed by atoms with van der Waals surface area (Å²) >= 11 is 0. The number of carbonyl (C=O) groups is 4. The van der Waals surface area contributed by atoms with Crippen molar-refractivity contribution in [1.82, 2.24) is 0 Å². The lowest BCUT2D eigenvalue weighted by Gasteiger charge is -2.46. The highest BCUT2D eigenvalue weighted by atomic mass is 16.6. The molecule has 0 amide bonds. The number of esters is 3. The fourth-order valence-electron chi connectivity index (χ4n) is 7.41. The largest absolute Gasteiger partial charge is 0.478 e. The molecule has 0 bridgehead atoms.